The number of H-pyrrole nitrogens is 1. The topological polar surface area (TPSA) is 139 Å². The van der Waals surface area contributed by atoms with Crippen LogP contribution in [0, 0.1) is 23.7 Å². The van der Waals surface area contributed by atoms with E-state index in [9.17, 15) is 23.6 Å². The van der Waals surface area contributed by atoms with Crippen molar-refractivity contribution in [1.29, 1.82) is 0 Å². The van der Waals surface area contributed by atoms with Crippen LogP contribution in [0.2, 0.25) is 0 Å². The fraction of sp³-hybridized carbons (Fsp3) is 0.692. The van der Waals surface area contributed by atoms with Crippen molar-refractivity contribution in [2.24, 2.45) is 23.7 Å². The molecular formula is C39H55FN4O7. The van der Waals surface area contributed by atoms with Crippen LogP contribution in [0.15, 0.2) is 24.3 Å². The Labute approximate surface area is 300 Å². The van der Waals surface area contributed by atoms with Gasteiger partial charge in [-0.05, 0) is 108 Å². The van der Waals surface area contributed by atoms with Crippen LogP contribution in [0.3, 0.4) is 0 Å². The largest absolute Gasteiger partial charge is 0.458 e. The highest BCUT2D eigenvalue weighted by atomic mass is 19.1. The van der Waals surface area contributed by atoms with E-state index in [4.69, 9.17) is 14.2 Å². The second-order valence-electron chi connectivity index (χ2n) is 16.1. The third-order valence-corrected chi connectivity index (χ3v) is 11.3. The molecule has 4 aliphatic rings. The third-order valence-electron chi connectivity index (χ3n) is 11.3. The summed E-state index contributed by atoms with van der Waals surface area (Å²) in [5, 5.41) is 6.59. The number of rotatable bonds is 10. The second kappa shape index (κ2) is 16.3. The fourth-order valence-electron chi connectivity index (χ4n) is 8.76. The smallest absolute Gasteiger partial charge is 0.407 e. The molecule has 1 unspecified atom stereocenters. The number of carbonyl (C=O) groups is 4. The van der Waals surface area contributed by atoms with Crippen molar-refractivity contribution in [2.75, 3.05) is 31.7 Å². The Kier molecular flexibility index (Phi) is 11.9. The maximum atomic E-state index is 14.2. The molecule has 12 heteroatoms. The van der Waals surface area contributed by atoms with Crippen LogP contribution in [0.1, 0.15) is 108 Å². The first-order valence-corrected chi connectivity index (χ1v) is 19.1. The number of hydrogen-bond donors (Lipinski definition) is 3. The zero-order valence-electron chi connectivity index (χ0n) is 30.3. The van der Waals surface area contributed by atoms with Crippen molar-refractivity contribution in [1.82, 2.24) is 15.2 Å². The van der Waals surface area contributed by atoms with E-state index in [1.807, 2.05) is 23.1 Å². The number of nitrogens with zero attached hydrogens (tertiary/aromatic N) is 1. The minimum atomic E-state index is -0.699. The number of nitrogens with one attached hydrogen (secondary N) is 3. The lowest BCUT2D eigenvalue weighted by molar-refractivity contribution is -0.142. The predicted molar refractivity (Wildman–Crippen MR) is 191 cm³/mol. The van der Waals surface area contributed by atoms with E-state index in [-0.39, 0.29) is 42.3 Å². The van der Waals surface area contributed by atoms with Crippen molar-refractivity contribution < 1.29 is 37.8 Å². The molecule has 2 aliphatic heterocycles. The maximum absolute atomic E-state index is 14.2. The zero-order valence-corrected chi connectivity index (χ0v) is 30.3. The van der Waals surface area contributed by atoms with Gasteiger partial charge in [0.25, 0.3) is 0 Å². The van der Waals surface area contributed by atoms with Gasteiger partial charge in [0.05, 0.1) is 12.1 Å². The van der Waals surface area contributed by atoms with E-state index >= 15 is 0 Å². The molecule has 0 spiro atoms. The summed E-state index contributed by atoms with van der Waals surface area (Å²) in [6, 6.07) is 5.97. The first-order valence-electron chi connectivity index (χ1n) is 19.1. The minimum Gasteiger partial charge on any atom is -0.458 e. The van der Waals surface area contributed by atoms with Crippen LogP contribution in [0.4, 0.5) is 14.9 Å². The van der Waals surface area contributed by atoms with E-state index in [0.717, 1.165) is 55.8 Å². The fourth-order valence-corrected chi connectivity index (χ4v) is 8.76. The van der Waals surface area contributed by atoms with Crippen LogP contribution in [0.5, 0.6) is 0 Å². The zero-order chi connectivity index (χ0) is 36.1. The molecule has 4 fully saturated rings. The molecule has 51 heavy (non-hydrogen) atoms. The van der Waals surface area contributed by atoms with Gasteiger partial charge in [0.1, 0.15) is 30.6 Å². The summed E-state index contributed by atoms with van der Waals surface area (Å²) in [4.78, 5) is 58.4. The monoisotopic (exact) mass is 710 g/mol. The van der Waals surface area contributed by atoms with Crippen molar-refractivity contribution in [3.63, 3.8) is 0 Å². The molecule has 0 radical (unpaired) electrons. The predicted octanol–water partition coefficient (Wildman–Crippen LogP) is 6.91. The number of aromatic amines is 1. The number of aromatic nitrogens is 1. The Hall–Kier alpha value is -3.67. The Morgan fingerprint density at radius 1 is 0.980 bits per heavy atom. The molecule has 1 aromatic carbocycles. The van der Waals surface area contributed by atoms with Crippen LogP contribution < -0.4 is 10.6 Å². The van der Waals surface area contributed by atoms with Gasteiger partial charge < -0.3 is 34.7 Å². The van der Waals surface area contributed by atoms with Crippen LogP contribution >= 0.6 is 0 Å². The molecule has 1 aromatic heterocycles. The van der Waals surface area contributed by atoms with Gasteiger partial charge in [0.2, 0.25) is 11.8 Å². The van der Waals surface area contributed by atoms with Crippen molar-refractivity contribution in [2.45, 2.75) is 122 Å². The number of alkyl halides is 1. The number of likely N-dealkylation sites (tertiary alicyclic amines) is 1. The highest BCUT2D eigenvalue weighted by Gasteiger charge is 2.47. The standard InChI is InChI=1S/C39H55FN4O7/c1-39(2,3)51-38(48)43-33(22-40)25-11-13-26(14-12-25)36(46)44-18-17-30(24-8-5-4-6-9-24)34(44)35(45)41-28-15-16-31-27(20-28)21-32(42-31)37(47)50-23-29-10-7-19-49-29/h15-16,20-21,24-26,29-30,33-34,42H,4-14,17-19,22-23H2,1-3H3,(H,41,45)(H,43,48)/t25-,26-,29?,30-,33+,34-/m0/s1. The van der Waals surface area contributed by atoms with Gasteiger partial charge in [-0.1, -0.05) is 32.1 Å². The molecule has 3 heterocycles. The summed E-state index contributed by atoms with van der Waals surface area (Å²) >= 11 is 0. The second-order valence-corrected chi connectivity index (χ2v) is 16.1. The summed E-state index contributed by atoms with van der Waals surface area (Å²) < 4.78 is 30.4. The number of carbonyl (C=O) groups excluding carboxylic acids is 4. The van der Waals surface area contributed by atoms with E-state index < -0.39 is 36.4 Å². The summed E-state index contributed by atoms with van der Waals surface area (Å²) in [6.45, 7) is 6.06. The summed E-state index contributed by atoms with van der Waals surface area (Å²) in [7, 11) is 0. The summed E-state index contributed by atoms with van der Waals surface area (Å²) in [5.74, 6) is -0.504. The first kappa shape index (κ1) is 37.1. The molecular weight excluding hydrogens is 655 g/mol. The lowest BCUT2D eigenvalue weighted by atomic mass is 9.76. The Morgan fingerprint density at radius 3 is 2.43 bits per heavy atom. The van der Waals surface area contributed by atoms with Crippen molar-refractivity contribution >= 4 is 40.5 Å². The number of amides is 3. The van der Waals surface area contributed by atoms with Crippen LogP contribution in [-0.4, -0.2) is 84.0 Å². The molecule has 0 bridgehead atoms. The van der Waals surface area contributed by atoms with Gasteiger partial charge in [0, 0.05) is 35.7 Å². The molecule has 2 aliphatic carbocycles. The minimum absolute atomic E-state index is 0.00365. The molecule has 3 N–H and O–H groups in total. The number of benzene rings is 1. The molecule has 280 valence electrons. The van der Waals surface area contributed by atoms with Crippen molar-refractivity contribution in [3.8, 4) is 0 Å². The lowest BCUT2D eigenvalue weighted by Gasteiger charge is -2.37. The Bertz CT molecular complexity index is 1540. The quantitative estimate of drug-likeness (QED) is 0.228. The number of hydrogen-bond acceptors (Lipinski definition) is 7. The Balaban J connectivity index is 1.11. The lowest BCUT2D eigenvalue weighted by Crippen LogP contribution is -2.50. The Morgan fingerprint density at radius 2 is 1.75 bits per heavy atom. The number of esters is 1. The molecule has 6 rings (SSSR count). The summed E-state index contributed by atoms with van der Waals surface area (Å²) in [6.07, 6.45) is 9.95. The SMILES string of the molecule is CC(C)(C)OC(=O)N[C@H](CF)[C@H]1CC[C@H](C(=O)N2CC[C@@H](C3CCCCC3)[C@H]2C(=O)Nc2ccc3[nH]c(C(=O)OCC4CCCO4)cc3c2)CC1. The van der Waals surface area contributed by atoms with Crippen LogP contribution in [-0.2, 0) is 23.8 Å². The number of ether oxygens (including phenoxy) is 3. The normalized spacial score (nSPS) is 26.5. The molecule has 2 aromatic rings. The van der Waals surface area contributed by atoms with E-state index in [1.54, 1.807) is 26.8 Å². The van der Waals surface area contributed by atoms with Crippen LogP contribution in [0.25, 0.3) is 10.9 Å². The molecule has 11 nitrogen and oxygen atoms in total. The van der Waals surface area contributed by atoms with E-state index in [1.165, 1.54) is 6.42 Å². The highest BCUT2D eigenvalue weighted by Crippen LogP contribution is 2.41. The van der Waals surface area contributed by atoms with Gasteiger partial charge in [-0.3, -0.25) is 9.59 Å². The number of halogens is 1. The molecule has 3 amide bonds. The average Bonchev–Trinajstić information content (AvgIpc) is 3.89. The third kappa shape index (κ3) is 9.23. The summed E-state index contributed by atoms with van der Waals surface area (Å²) in [5.41, 5.74) is 1.01. The van der Waals surface area contributed by atoms with Gasteiger partial charge in [-0.2, -0.15) is 0 Å². The maximum Gasteiger partial charge on any atom is 0.407 e. The number of alkyl carbamates (subject to hydrolysis) is 1. The number of fused-ring (bicyclic) bond motifs is 1. The number of anilines is 1. The van der Waals surface area contributed by atoms with Gasteiger partial charge in [-0.15, -0.1) is 0 Å². The van der Waals surface area contributed by atoms with E-state index in [0.29, 0.717) is 56.1 Å². The molecule has 2 saturated heterocycles. The van der Waals surface area contributed by atoms with Gasteiger partial charge in [0.15, 0.2) is 0 Å². The van der Waals surface area contributed by atoms with Crippen molar-refractivity contribution in [3.05, 3.63) is 30.0 Å². The van der Waals surface area contributed by atoms with Gasteiger partial charge in [-0.25, -0.2) is 14.0 Å². The van der Waals surface area contributed by atoms with Gasteiger partial charge >= 0.3 is 12.1 Å². The van der Waals surface area contributed by atoms with E-state index in [2.05, 4.69) is 15.6 Å². The first-order chi connectivity index (χ1) is 24.5. The molecule has 2 saturated carbocycles. The molecule has 4 atom stereocenters. The average molecular weight is 711 g/mol. The highest BCUT2D eigenvalue weighted by molar-refractivity contribution is 6.01.